The molecule has 0 saturated carbocycles. The molecule has 0 spiro atoms. The zero-order valence-corrected chi connectivity index (χ0v) is 20.2. The molecule has 12 nitrogen and oxygen atoms in total. The number of aliphatic carboxylic acids is 1. The van der Waals surface area contributed by atoms with E-state index in [4.69, 9.17) is 43.0 Å². The average Bonchev–Trinajstić information content (AvgIpc) is 2.79. The van der Waals surface area contributed by atoms with Crippen LogP contribution in [0.15, 0.2) is 0 Å². The first-order valence-corrected chi connectivity index (χ1v) is 11.5. The molecule has 0 radical (unpaired) electrons. The van der Waals surface area contributed by atoms with Gasteiger partial charge < -0.3 is 43.0 Å². The summed E-state index contributed by atoms with van der Waals surface area (Å²) < 4.78 is 41.7. The third kappa shape index (κ3) is 28.2. The van der Waals surface area contributed by atoms with Crippen molar-refractivity contribution in [3.05, 3.63) is 0 Å². The number of unbranched alkanes of at least 4 members (excludes halogenated alkanes) is 1. The summed E-state index contributed by atoms with van der Waals surface area (Å²) in [6.45, 7) is 6.80. The predicted octanol–water partition coefficient (Wildman–Crippen LogP) is 0.837. The average molecular weight is 497 g/mol. The molecule has 34 heavy (non-hydrogen) atoms. The minimum Gasteiger partial charge on any atom is -0.481 e. The van der Waals surface area contributed by atoms with E-state index in [2.05, 4.69) is 0 Å². The van der Waals surface area contributed by atoms with Crippen LogP contribution in [0.2, 0.25) is 0 Å². The van der Waals surface area contributed by atoms with Crippen LogP contribution < -0.4 is 0 Å². The zero-order valence-electron chi connectivity index (χ0n) is 20.2. The van der Waals surface area contributed by atoms with Crippen molar-refractivity contribution in [2.24, 2.45) is 0 Å². The van der Waals surface area contributed by atoms with Gasteiger partial charge in [0, 0.05) is 19.8 Å². The fourth-order valence-electron chi connectivity index (χ4n) is 2.28. The number of carboxylic acids is 1. The van der Waals surface area contributed by atoms with Gasteiger partial charge in [-0.15, -0.1) is 0 Å². The number of carboxylic acid groups (broad SMARTS) is 1. The molecule has 0 bridgehead atoms. The summed E-state index contributed by atoms with van der Waals surface area (Å²) >= 11 is 0. The fourth-order valence-corrected chi connectivity index (χ4v) is 2.28. The van der Waals surface area contributed by atoms with Gasteiger partial charge in [-0.2, -0.15) is 0 Å². The Morgan fingerprint density at radius 1 is 0.500 bits per heavy atom. The molecule has 0 aromatic rings. The van der Waals surface area contributed by atoms with Gasteiger partial charge in [0.2, 0.25) is 0 Å². The standard InChI is InChI=1S/C22H40O12/c1-20(23)33-18-16-31-14-12-29-10-8-27-6-7-28-9-11-30-13-15-32-17-19-34-22(26)5-3-2-4-21(24)25/h2-19H2,1H3,(H,24,25). The van der Waals surface area contributed by atoms with Gasteiger partial charge in [0.15, 0.2) is 0 Å². The van der Waals surface area contributed by atoms with Crippen LogP contribution in [-0.2, 0) is 52.3 Å². The Bertz CT molecular complexity index is 500. The summed E-state index contributed by atoms with van der Waals surface area (Å²) in [5.41, 5.74) is 0. The van der Waals surface area contributed by atoms with E-state index >= 15 is 0 Å². The van der Waals surface area contributed by atoms with Crippen molar-refractivity contribution < 1.29 is 57.4 Å². The molecule has 0 rings (SSSR count). The van der Waals surface area contributed by atoms with Crippen molar-refractivity contribution >= 4 is 17.9 Å². The van der Waals surface area contributed by atoms with Gasteiger partial charge in [-0.1, -0.05) is 0 Å². The summed E-state index contributed by atoms with van der Waals surface area (Å²) in [5.74, 6) is -1.53. The Morgan fingerprint density at radius 3 is 1.18 bits per heavy atom. The zero-order chi connectivity index (χ0) is 25.1. The van der Waals surface area contributed by atoms with Crippen LogP contribution in [-0.4, -0.2) is 116 Å². The van der Waals surface area contributed by atoms with E-state index in [9.17, 15) is 14.4 Å². The monoisotopic (exact) mass is 496 g/mol. The first kappa shape index (κ1) is 32.2. The molecule has 0 aliphatic heterocycles. The van der Waals surface area contributed by atoms with Gasteiger partial charge in [0.25, 0.3) is 0 Å². The Balaban J connectivity index is 3.12. The molecule has 0 fully saturated rings. The normalized spacial score (nSPS) is 10.9. The minimum absolute atomic E-state index is 0.0605. The molecular weight excluding hydrogens is 456 g/mol. The summed E-state index contributed by atoms with van der Waals surface area (Å²) in [5, 5.41) is 8.51. The number of esters is 2. The van der Waals surface area contributed by atoms with Crippen molar-refractivity contribution in [2.75, 3.05) is 92.5 Å². The summed E-state index contributed by atoms with van der Waals surface area (Å²) in [4.78, 5) is 32.3. The lowest BCUT2D eigenvalue weighted by atomic mass is 10.2. The number of hydrogen-bond acceptors (Lipinski definition) is 11. The highest BCUT2D eigenvalue weighted by Gasteiger charge is 2.04. The third-order valence-corrected chi connectivity index (χ3v) is 3.91. The molecular formula is C22H40O12. The molecule has 0 aliphatic rings. The van der Waals surface area contributed by atoms with Crippen LogP contribution >= 0.6 is 0 Å². The van der Waals surface area contributed by atoms with Crippen LogP contribution in [0.4, 0.5) is 0 Å². The molecule has 0 aliphatic carbocycles. The number of carbonyl (C=O) groups excluding carboxylic acids is 2. The molecule has 200 valence electrons. The van der Waals surface area contributed by atoms with Gasteiger partial charge >= 0.3 is 17.9 Å². The van der Waals surface area contributed by atoms with Crippen molar-refractivity contribution in [3.8, 4) is 0 Å². The Morgan fingerprint density at radius 2 is 0.824 bits per heavy atom. The quantitative estimate of drug-likeness (QED) is 0.134. The molecule has 0 heterocycles. The number of ether oxygens (including phenoxy) is 8. The lowest BCUT2D eigenvalue weighted by molar-refractivity contribution is -0.146. The second kappa shape index (κ2) is 25.8. The smallest absolute Gasteiger partial charge is 0.305 e. The van der Waals surface area contributed by atoms with Crippen LogP contribution in [0.3, 0.4) is 0 Å². The van der Waals surface area contributed by atoms with E-state index in [0.717, 1.165) is 0 Å². The number of hydrogen-bond donors (Lipinski definition) is 1. The Labute approximate surface area is 201 Å². The van der Waals surface area contributed by atoms with Crippen molar-refractivity contribution in [2.45, 2.75) is 32.6 Å². The minimum atomic E-state index is -0.864. The van der Waals surface area contributed by atoms with Crippen LogP contribution in [0.1, 0.15) is 32.6 Å². The third-order valence-electron chi connectivity index (χ3n) is 3.91. The second-order valence-electron chi connectivity index (χ2n) is 6.84. The lowest BCUT2D eigenvalue weighted by Crippen LogP contribution is -2.15. The van der Waals surface area contributed by atoms with Crippen molar-refractivity contribution in [1.82, 2.24) is 0 Å². The van der Waals surface area contributed by atoms with Crippen LogP contribution in [0.5, 0.6) is 0 Å². The highest BCUT2D eigenvalue weighted by Crippen LogP contribution is 2.01. The maximum absolute atomic E-state index is 11.4. The van der Waals surface area contributed by atoms with Gasteiger partial charge in [0.1, 0.15) is 13.2 Å². The molecule has 1 N–H and O–H groups in total. The molecule has 0 aromatic carbocycles. The van der Waals surface area contributed by atoms with E-state index in [1.165, 1.54) is 6.92 Å². The number of rotatable bonds is 26. The van der Waals surface area contributed by atoms with E-state index in [1.807, 2.05) is 0 Å². The van der Waals surface area contributed by atoms with Gasteiger partial charge in [-0.05, 0) is 12.8 Å². The molecule has 12 heteroatoms. The second-order valence-corrected chi connectivity index (χ2v) is 6.84. The summed E-state index contributed by atoms with van der Waals surface area (Å²) in [6, 6.07) is 0. The van der Waals surface area contributed by atoms with E-state index < -0.39 is 5.97 Å². The van der Waals surface area contributed by atoms with E-state index in [1.54, 1.807) is 0 Å². The molecule has 0 amide bonds. The van der Waals surface area contributed by atoms with Gasteiger partial charge in [-0.25, -0.2) is 0 Å². The van der Waals surface area contributed by atoms with Gasteiger partial charge in [0.05, 0.1) is 79.3 Å². The topological polar surface area (TPSA) is 145 Å². The highest BCUT2D eigenvalue weighted by molar-refractivity contribution is 5.69. The predicted molar refractivity (Wildman–Crippen MR) is 119 cm³/mol. The van der Waals surface area contributed by atoms with E-state index in [0.29, 0.717) is 85.5 Å². The highest BCUT2D eigenvalue weighted by atomic mass is 16.6. The molecule has 0 aromatic heterocycles. The Hall–Kier alpha value is -1.83. The number of carbonyl (C=O) groups is 3. The van der Waals surface area contributed by atoms with Crippen molar-refractivity contribution in [3.63, 3.8) is 0 Å². The largest absolute Gasteiger partial charge is 0.481 e. The lowest BCUT2D eigenvalue weighted by Gasteiger charge is -2.08. The van der Waals surface area contributed by atoms with Gasteiger partial charge in [-0.3, -0.25) is 14.4 Å². The molecule has 0 unspecified atom stereocenters. The van der Waals surface area contributed by atoms with Crippen LogP contribution in [0.25, 0.3) is 0 Å². The van der Waals surface area contributed by atoms with Crippen molar-refractivity contribution in [1.29, 1.82) is 0 Å². The van der Waals surface area contributed by atoms with Crippen LogP contribution in [0, 0.1) is 0 Å². The van der Waals surface area contributed by atoms with E-state index in [-0.39, 0.29) is 44.6 Å². The Kier molecular flexibility index (Phi) is 24.4. The first-order chi connectivity index (χ1) is 16.5. The maximum Gasteiger partial charge on any atom is 0.305 e. The fraction of sp³-hybridized carbons (Fsp3) is 0.864. The first-order valence-electron chi connectivity index (χ1n) is 11.5. The maximum atomic E-state index is 11.4. The molecule has 0 atom stereocenters. The molecule has 0 saturated heterocycles. The summed E-state index contributed by atoms with van der Waals surface area (Å²) in [6.07, 6.45) is 1.24. The SMILES string of the molecule is CC(=O)OCCOCCOCCOCCOCCOCCOCCOC(=O)CCCCC(=O)O. The summed E-state index contributed by atoms with van der Waals surface area (Å²) in [7, 11) is 0.